The number of nitrogens with two attached hydrogens (primary N) is 1. The van der Waals surface area contributed by atoms with E-state index in [1.54, 1.807) is 6.26 Å². The van der Waals surface area contributed by atoms with E-state index in [9.17, 15) is 24.3 Å². The van der Waals surface area contributed by atoms with Gasteiger partial charge in [0, 0.05) is 5.75 Å². The maximum Gasteiger partial charge on any atom is 0.327 e. The molecule has 11 nitrogen and oxygen atoms in total. The molecule has 0 aliphatic carbocycles. The molecule has 27 heavy (non-hydrogen) atoms. The van der Waals surface area contributed by atoms with E-state index in [2.05, 4.69) is 28.6 Å². The fourth-order valence-electron chi connectivity index (χ4n) is 1.79. The largest absolute Gasteiger partial charge is 0.480 e. The molecule has 0 radical (unpaired) electrons. The highest BCUT2D eigenvalue weighted by molar-refractivity contribution is 7.98. The summed E-state index contributed by atoms with van der Waals surface area (Å²) < 4.78 is 0. The highest BCUT2D eigenvalue weighted by atomic mass is 32.2. The molecule has 0 aromatic rings. The second kappa shape index (κ2) is 13.6. The number of hydrogen-bond acceptors (Lipinski definition) is 9. The number of carboxylic acid groups (broad SMARTS) is 1. The summed E-state index contributed by atoms with van der Waals surface area (Å²) in [6, 6.07) is -4.97. The number of hydrogen-bond donors (Lipinski definition) is 8. The predicted molar refractivity (Wildman–Crippen MR) is 102 cm³/mol. The third-order valence-corrected chi connectivity index (χ3v) is 4.40. The zero-order chi connectivity index (χ0) is 21.0. The van der Waals surface area contributed by atoms with Gasteiger partial charge in [-0.2, -0.15) is 24.4 Å². The van der Waals surface area contributed by atoms with Gasteiger partial charge in [-0.05, 0) is 18.4 Å². The van der Waals surface area contributed by atoms with Gasteiger partial charge in [-0.25, -0.2) is 4.79 Å². The number of thioether (sulfide) groups is 1. The lowest BCUT2D eigenvalue weighted by Crippen LogP contribution is -2.58. The van der Waals surface area contributed by atoms with Gasteiger partial charge in [0.15, 0.2) is 0 Å². The normalized spacial score (nSPS) is 15.1. The summed E-state index contributed by atoms with van der Waals surface area (Å²) in [5.41, 5.74) is 5.40. The molecule has 0 saturated carbocycles. The predicted octanol–water partition coefficient (Wildman–Crippen LogP) is -3.48. The van der Waals surface area contributed by atoms with Crippen molar-refractivity contribution in [1.29, 1.82) is 0 Å². The SMILES string of the molecule is CSCCC(NC(=O)C(N)CO)C(=O)NC(CO)C(=O)NC(CS)C(=O)O. The zero-order valence-corrected chi connectivity index (χ0v) is 16.5. The van der Waals surface area contributed by atoms with Gasteiger partial charge in [0.05, 0.1) is 13.2 Å². The fourth-order valence-corrected chi connectivity index (χ4v) is 2.51. The molecule has 4 atom stereocenters. The van der Waals surface area contributed by atoms with Crippen molar-refractivity contribution in [3.8, 4) is 0 Å². The Bertz CT molecular complexity index is 524. The number of thiol groups is 1. The van der Waals surface area contributed by atoms with Crippen LogP contribution in [0.1, 0.15) is 6.42 Å². The van der Waals surface area contributed by atoms with Crippen molar-refractivity contribution in [1.82, 2.24) is 16.0 Å². The van der Waals surface area contributed by atoms with Gasteiger partial charge in [0.25, 0.3) is 0 Å². The Morgan fingerprint density at radius 2 is 1.48 bits per heavy atom. The molecule has 156 valence electrons. The van der Waals surface area contributed by atoms with Gasteiger partial charge in [-0.3, -0.25) is 14.4 Å². The summed E-state index contributed by atoms with van der Waals surface area (Å²) in [4.78, 5) is 47.2. The van der Waals surface area contributed by atoms with E-state index in [-0.39, 0.29) is 12.2 Å². The van der Waals surface area contributed by atoms with Gasteiger partial charge in [-0.1, -0.05) is 0 Å². The van der Waals surface area contributed by atoms with Crippen LogP contribution in [0.3, 0.4) is 0 Å². The van der Waals surface area contributed by atoms with E-state index in [0.29, 0.717) is 5.75 Å². The molecular formula is C14H26N4O7S2. The van der Waals surface area contributed by atoms with Gasteiger partial charge in [0.1, 0.15) is 24.2 Å². The van der Waals surface area contributed by atoms with Gasteiger partial charge >= 0.3 is 5.97 Å². The summed E-state index contributed by atoms with van der Waals surface area (Å²) in [5, 5.41) is 34.0. The minimum Gasteiger partial charge on any atom is -0.480 e. The zero-order valence-electron chi connectivity index (χ0n) is 14.8. The molecule has 0 fully saturated rings. The minimum atomic E-state index is -1.42. The summed E-state index contributed by atoms with van der Waals surface area (Å²) in [7, 11) is 0. The van der Waals surface area contributed by atoms with Crippen LogP contribution in [0.5, 0.6) is 0 Å². The van der Waals surface area contributed by atoms with Crippen LogP contribution in [0.15, 0.2) is 0 Å². The molecule has 0 bridgehead atoms. The highest BCUT2D eigenvalue weighted by Crippen LogP contribution is 2.03. The molecule has 8 N–H and O–H groups in total. The Kier molecular flexibility index (Phi) is 12.8. The van der Waals surface area contributed by atoms with E-state index in [1.165, 1.54) is 11.8 Å². The quantitative estimate of drug-likeness (QED) is 0.138. The van der Waals surface area contributed by atoms with Crippen molar-refractivity contribution < 1.29 is 34.5 Å². The molecular weight excluding hydrogens is 400 g/mol. The van der Waals surface area contributed by atoms with E-state index in [0.717, 1.165) is 0 Å². The Morgan fingerprint density at radius 3 is 1.93 bits per heavy atom. The van der Waals surface area contributed by atoms with Crippen molar-refractivity contribution in [2.45, 2.75) is 30.6 Å². The fraction of sp³-hybridized carbons (Fsp3) is 0.714. The molecule has 0 rings (SSSR count). The molecule has 4 unspecified atom stereocenters. The monoisotopic (exact) mass is 426 g/mol. The molecule has 13 heteroatoms. The van der Waals surface area contributed by atoms with Crippen LogP contribution in [0, 0.1) is 0 Å². The molecule has 0 heterocycles. The lowest BCUT2D eigenvalue weighted by atomic mass is 10.1. The first-order valence-electron chi connectivity index (χ1n) is 7.92. The van der Waals surface area contributed by atoms with Crippen LogP contribution in [-0.2, 0) is 19.2 Å². The van der Waals surface area contributed by atoms with Gasteiger partial charge in [-0.15, -0.1) is 0 Å². The van der Waals surface area contributed by atoms with Crippen molar-refractivity contribution >= 4 is 48.1 Å². The van der Waals surface area contributed by atoms with Crippen molar-refractivity contribution in [2.75, 3.05) is 31.0 Å². The first kappa shape index (κ1) is 25.5. The Hall–Kier alpha value is -1.54. The van der Waals surface area contributed by atoms with Gasteiger partial charge in [0.2, 0.25) is 17.7 Å². The number of carbonyl (C=O) groups excluding carboxylic acids is 3. The van der Waals surface area contributed by atoms with E-state index >= 15 is 0 Å². The molecule has 0 aliphatic heterocycles. The van der Waals surface area contributed by atoms with Crippen LogP contribution in [-0.4, -0.2) is 94.2 Å². The summed E-state index contributed by atoms with van der Waals surface area (Å²) in [5.74, 6) is -3.40. The molecule has 0 saturated heterocycles. The van der Waals surface area contributed by atoms with Crippen LogP contribution in [0.25, 0.3) is 0 Å². The first-order chi connectivity index (χ1) is 12.7. The minimum absolute atomic E-state index is 0.182. The number of carboxylic acids is 1. The van der Waals surface area contributed by atoms with Crippen molar-refractivity contribution in [3.63, 3.8) is 0 Å². The maximum absolute atomic E-state index is 12.4. The summed E-state index contributed by atoms with van der Waals surface area (Å²) in [6.45, 7) is -1.39. The Morgan fingerprint density at radius 1 is 0.963 bits per heavy atom. The number of amides is 3. The Balaban J connectivity index is 5.04. The van der Waals surface area contributed by atoms with Gasteiger partial charge < -0.3 is 37.0 Å². The number of carbonyl (C=O) groups is 4. The summed E-state index contributed by atoms with van der Waals surface area (Å²) >= 11 is 5.23. The van der Waals surface area contributed by atoms with Crippen molar-refractivity contribution in [2.24, 2.45) is 5.73 Å². The number of aliphatic hydroxyl groups excluding tert-OH is 2. The average Bonchev–Trinajstić information content (AvgIpc) is 2.65. The highest BCUT2D eigenvalue weighted by Gasteiger charge is 2.29. The lowest BCUT2D eigenvalue weighted by molar-refractivity contribution is -0.142. The number of aliphatic hydroxyl groups is 2. The molecule has 0 spiro atoms. The number of aliphatic carboxylic acids is 1. The lowest BCUT2D eigenvalue weighted by Gasteiger charge is -2.23. The standard InChI is InChI=1S/C14H26N4O7S2/c1-27-3-2-8(16-11(21)7(15)4-19)12(22)17-9(5-20)13(23)18-10(6-26)14(24)25/h7-10,19-20,26H,2-6,15H2,1H3,(H,16,21)(H,17,22)(H,18,23)(H,24,25). The maximum atomic E-state index is 12.4. The number of rotatable bonds is 13. The van der Waals surface area contributed by atoms with Crippen molar-refractivity contribution in [3.05, 3.63) is 0 Å². The van der Waals surface area contributed by atoms with Crippen LogP contribution >= 0.6 is 24.4 Å². The van der Waals surface area contributed by atoms with E-state index < -0.39 is 61.1 Å². The topological polar surface area (TPSA) is 191 Å². The van der Waals surface area contributed by atoms with E-state index in [4.69, 9.17) is 15.9 Å². The van der Waals surface area contributed by atoms with Crippen LogP contribution in [0.4, 0.5) is 0 Å². The molecule has 0 aromatic carbocycles. The molecule has 3 amide bonds. The summed E-state index contributed by atoms with van der Waals surface area (Å²) in [6.07, 6.45) is 2.01. The average molecular weight is 427 g/mol. The second-order valence-corrected chi connectivity index (χ2v) is 6.81. The first-order valence-corrected chi connectivity index (χ1v) is 9.95. The molecule has 0 aromatic heterocycles. The molecule has 0 aliphatic rings. The van der Waals surface area contributed by atoms with E-state index in [1.807, 2.05) is 0 Å². The third kappa shape index (κ3) is 9.28. The van der Waals surface area contributed by atoms with Crippen LogP contribution < -0.4 is 21.7 Å². The number of nitrogens with one attached hydrogen (secondary N) is 3. The smallest absolute Gasteiger partial charge is 0.327 e. The third-order valence-electron chi connectivity index (χ3n) is 3.39. The van der Waals surface area contributed by atoms with Crippen LogP contribution in [0.2, 0.25) is 0 Å². The second-order valence-electron chi connectivity index (χ2n) is 5.46. The Labute approximate surface area is 166 Å².